The highest BCUT2D eigenvalue weighted by Crippen LogP contribution is 2.34. The molecule has 0 aliphatic carbocycles. The normalized spacial score (nSPS) is 22.7. The molecule has 2 amide bonds. The van der Waals surface area contributed by atoms with Crippen LogP contribution in [0.4, 0.5) is 10.7 Å². The van der Waals surface area contributed by atoms with Crippen LogP contribution in [0.2, 0.25) is 0 Å². The highest BCUT2D eigenvalue weighted by molar-refractivity contribution is 7.24. The number of hydrogen-bond acceptors (Lipinski definition) is 9. The molecule has 3 aromatic heterocycles. The molecular formula is C31H37N7O4S. The van der Waals surface area contributed by atoms with E-state index < -0.39 is 11.5 Å². The van der Waals surface area contributed by atoms with E-state index in [1.807, 2.05) is 49.4 Å². The Bertz CT molecular complexity index is 1800. The average molecular weight is 604 g/mol. The number of carbonyl (C=O) groups is 2. The molecular weight excluding hydrogens is 566 g/mol. The molecule has 3 saturated heterocycles. The van der Waals surface area contributed by atoms with Gasteiger partial charge in [0.2, 0.25) is 11.4 Å². The summed E-state index contributed by atoms with van der Waals surface area (Å²) >= 11 is 1.41. The van der Waals surface area contributed by atoms with Crippen molar-refractivity contribution in [3.63, 3.8) is 0 Å². The van der Waals surface area contributed by atoms with E-state index in [9.17, 15) is 14.4 Å². The summed E-state index contributed by atoms with van der Waals surface area (Å²) in [4.78, 5) is 56.9. The zero-order chi connectivity index (χ0) is 30.0. The Hall–Kier alpha value is -3.77. The van der Waals surface area contributed by atoms with Crippen LogP contribution < -0.4 is 15.6 Å². The number of amides is 2. The first-order valence-corrected chi connectivity index (χ1v) is 15.8. The zero-order valence-corrected chi connectivity index (χ0v) is 25.8. The van der Waals surface area contributed by atoms with Gasteiger partial charge < -0.3 is 24.8 Å². The number of benzene rings is 1. The fraction of sp³-hybridized carbons (Fsp3) is 0.516. The first-order valence-electron chi connectivity index (χ1n) is 15.0. The van der Waals surface area contributed by atoms with Crippen molar-refractivity contribution in [1.82, 2.24) is 29.5 Å². The standard InChI is InChI=1S/C31H37N7O4S/c1-31(2,3)42-30(41)37-11-7-8-20(37)12-32-27(40)24-25(39)21-13-33-29(36-16-18-14-35(4)15-19(18)17-36)34-26(21)38-22-9-5-6-10-23(22)43-28(24)38/h5-6,9-10,13,18-20H,7-8,11-12,14-17H2,1-4H3,(H,32,40). The molecule has 3 fully saturated rings. The topological polar surface area (TPSA) is 112 Å². The SMILES string of the molecule is CN1CC2CN(c3ncc4c(=O)c(C(=O)NCC5CCCN5C(=O)OC(C)(C)C)c5sc6ccccc6n5c4n3)CC2C1. The average Bonchev–Trinajstić information content (AvgIpc) is 3.72. The van der Waals surface area contributed by atoms with Crippen LogP contribution in [0.3, 0.4) is 0 Å². The Morgan fingerprint density at radius 3 is 2.60 bits per heavy atom. The van der Waals surface area contributed by atoms with E-state index in [-0.39, 0.29) is 29.7 Å². The molecule has 7 rings (SSSR count). The Balaban J connectivity index is 1.23. The monoisotopic (exact) mass is 603 g/mol. The van der Waals surface area contributed by atoms with E-state index in [0.29, 0.717) is 40.2 Å². The van der Waals surface area contributed by atoms with Gasteiger partial charge in [0.25, 0.3) is 5.91 Å². The summed E-state index contributed by atoms with van der Waals surface area (Å²) in [7, 11) is 2.17. The first kappa shape index (κ1) is 28.0. The molecule has 0 radical (unpaired) electrons. The largest absolute Gasteiger partial charge is 0.444 e. The lowest BCUT2D eigenvalue weighted by Gasteiger charge is -2.28. The lowest BCUT2D eigenvalue weighted by Crippen LogP contribution is -2.45. The van der Waals surface area contributed by atoms with Gasteiger partial charge in [-0.15, -0.1) is 11.3 Å². The molecule has 11 nitrogen and oxygen atoms in total. The van der Waals surface area contributed by atoms with Crippen LogP contribution in [-0.2, 0) is 4.74 Å². The second kappa shape index (κ2) is 10.4. The molecule has 12 heteroatoms. The van der Waals surface area contributed by atoms with Crippen molar-refractivity contribution in [2.75, 3.05) is 51.2 Å². The summed E-state index contributed by atoms with van der Waals surface area (Å²) in [5.41, 5.74) is 0.483. The quantitative estimate of drug-likeness (QED) is 0.377. The third-order valence-electron chi connectivity index (χ3n) is 8.85. The summed E-state index contributed by atoms with van der Waals surface area (Å²) < 4.78 is 8.47. The van der Waals surface area contributed by atoms with Gasteiger partial charge in [-0.2, -0.15) is 4.98 Å². The second-order valence-electron chi connectivity index (χ2n) is 13.1. The van der Waals surface area contributed by atoms with Gasteiger partial charge in [-0.3, -0.25) is 14.0 Å². The molecule has 1 N–H and O–H groups in total. The lowest BCUT2D eigenvalue weighted by atomic mass is 10.0. The van der Waals surface area contributed by atoms with E-state index in [4.69, 9.17) is 9.72 Å². The Morgan fingerprint density at radius 2 is 1.86 bits per heavy atom. The van der Waals surface area contributed by atoms with Gasteiger partial charge in [-0.25, -0.2) is 9.78 Å². The number of fused-ring (bicyclic) bond motifs is 6. The summed E-state index contributed by atoms with van der Waals surface area (Å²) in [5.74, 6) is 1.33. The number of likely N-dealkylation sites (tertiary alicyclic amines) is 2. The maximum absolute atomic E-state index is 14.0. The molecule has 3 atom stereocenters. The van der Waals surface area contributed by atoms with Crippen LogP contribution in [0, 0.1) is 11.8 Å². The van der Waals surface area contributed by atoms with Crippen molar-refractivity contribution in [2.45, 2.75) is 45.3 Å². The van der Waals surface area contributed by atoms with Crippen LogP contribution >= 0.6 is 11.3 Å². The van der Waals surface area contributed by atoms with Gasteiger partial charge in [-0.1, -0.05) is 12.1 Å². The molecule has 0 bridgehead atoms. The number of nitrogens with one attached hydrogen (secondary N) is 1. The van der Waals surface area contributed by atoms with Gasteiger partial charge in [0, 0.05) is 45.5 Å². The number of thiazole rings is 1. The van der Waals surface area contributed by atoms with Crippen molar-refractivity contribution in [2.24, 2.45) is 11.8 Å². The Kier molecular flexibility index (Phi) is 6.81. The maximum Gasteiger partial charge on any atom is 0.410 e. The number of carbonyl (C=O) groups excluding carboxylic acids is 2. The maximum atomic E-state index is 14.0. The van der Waals surface area contributed by atoms with Crippen molar-refractivity contribution in [1.29, 1.82) is 0 Å². The van der Waals surface area contributed by atoms with Crippen LogP contribution in [0.1, 0.15) is 44.0 Å². The number of para-hydroxylation sites is 1. The molecule has 6 heterocycles. The zero-order valence-electron chi connectivity index (χ0n) is 25.0. The molecule has 3 aliphatic rings. The third kappa shape index (κ3) is 5.00. The van der Waals surface area contributed by atoms with E-state index >= 15 is 0 Å². The van der Waals surface area contributed by atoms with Crippen LogP contribution in [0.15, 0.2) is 35.3 Å². The number of anilines is 1. The minimum Gasteiger partial charge on any atom is -0.444 e. The summed E-state index contributed by atoms with van der Waals surface area (Å²) in [6, 6.07) is 7.67. The molecule has 1 aromatic carbocycles. The van der Waals surface area contributed by atoms with Crippen LogP contribution in [-0.4, -0.2) is 94.1 Å². The van der Waals surface area contributed by atoms with Crippen molar-refractivity contribution in [3.8, 4) is 0 Å². The van der Waals surface area contributed by atoms with Gasteiger partial charge in [0.1, 0.15) is 16.0 Å². The summed E-state index contributed by atoms with van der Waals surface area (Å²) in [6.45, 7) is 10.2. The fourth-order valence-electron chi connectivity index (χ4n) is 6.94. The second-order valence-corrected chi connectivity index (χ2v) is 14.2. The number of nitrogens with zero attached hydrogens (tertiary/aromatic N) is 6. The third-order valence-corrected chi connectivity index (χ3v) is 10.00. The highest BCUT2D eigenvalue weighted by Gasteiger charge is 2.40. The van der Waals surface area contributed by atoms with Crippen molar-refractivity contribution in [3.05, 3.63) is 46.2 Å². The van der Waals surface area contributed by atoms with Gasteiger partial charge in [-0.05, 0) is 64.6 Å². The molecule has 226 valence electrons. The minimum atomic E-state index is -0.605. The van der Waals surface area contributed by atoms with Gasteiger partial charge in [0.15, 0.2) is 5.65 Å². The van der Waals surface area contributed by atoms with Gasteiger partial charge >= 0.3 is 6.09 Å². The predicted octanol–water partition coefficient (Wildman–Crippen LogP) is 3.58. The molecule has 3 unspecified atom stereocenters. The van der Waals surface area contributed by atoms with Crippen molar-refractivity contribution < 1.29 is 14.3 Å². The molecule has 3 aliphatic heterocycles. The summed E-state index contributed by atoms with van der Waals surface area (Å²) in [6.07, 6.45) is 2.77. The lowest BCUT2D eigenvalue weighted by molar-refractivity contribution is 0.0225. The first-order chi connectivity index (χ1) is 20.6. The van der Waals surface area contributed by atoms with E-state index in [1.165, 1.54) is 11.3 Å². The van der Waals surface area contributed by atoms with Crippen LogP contribution in [0.5, 0.6) is 0 Å². The van der Waals surface area contributed by atoms with E-state index in [2.05, 4.69) is 27.1 Å². The number of rotatable bonds is 4. The van der Waals surface area contributed by atoms with E-state index in [0.717, 1.165) is 49.2 Å². The Morgan fingerprint density at radius 1 is 1.12 bits per heavy atom. The molecule has 4 aromatic rings. The number of aromatic nitrogens is 3. The van der Waals surface area contributed by atoms with E-state index in [1.54, 1.807) is 11.1 Å². The summed E-state index contributed by atoms with van der Waals surface area (Å²) in [5, 5.41) is 3.28. The highest BCUT2D eigenvalue weighted by atomic mass is 32.1. The minimum absolute atomic E-state index is 0.0746. The molecule has 0 saturated carbocycles. The van der Waals surface area contributed by atoms with Gasteiger partial charge in [0.05, 0.1) is 21.6 Å². The predicted molar refractivity (Wildman–Crippen MR) is 167 cm³/mol. The van der Waals surface area contributed by atoms with Crippen molar-refractivity contribution >= 4 is 55.4 Å². The molecule has 43 heavy (non-hydrogen) atoms. The molecule has 0 spiro atoms. The number of hydrogen-bond donors (Lipinski definition) is 1. The fourth-order valence-corrected chi connectivity index (χ4v) is 8.12. The smallest absolute Gasteiger partial charge is 0.410 e. The number of pyridine rings is 1. The Labute approximate surface area is 253 Å². The van der Waals surface area contributed by atoms with Crippen LogP contribution in [0.25, 0.3) is 26.1 Å². The number of ether oxygens (including phenoxy) is 1.